The van der Waals surface area contributed by atoms with Gasteiger partial charge < -0.3 is 26.5 Å². The van der Waals surface area contributed by atoms with Gasteiger partial charge in [0.05, 0.1) is 0 Å². The van der Waals surface area contributed by atoms with Crippen LogP contribution in [0.15, 0.2) is 29.4 Å². The van der Waals surface area contributed by atoms with Gasteiger partial charge in [0, 0.05) is 38.3 Å². The number of oxime groups is 1. The summed E-state index contributed by atoms with van der Waals surface area (Å²) in [7, 11) is 3.27. The van der Waals surface area contributed by atoms with Crippen LogP contribution in [0, 0.1) is 0 Å². The van der Waals surface area contributed by atoms with Crippen molar-refractivity contribution < 1.29 is 14.8 Å². The molecule has 21 heavy (non-hydrogen) atoms. The van der Waals surface area contributed by atoms with Gasteiger partial charge in [-0.05, 0) is 12.1 Å². The van der Waals surface area contributed by atoms with Crippen molar-refractivity contribution in [2.75, 3.05) is 27.2 Å². The maximum Gasteiger partial charge on any atom is 0.316 e. The minimum atomic E-state index is -0.264. The highest BCUT2D eigenvalue weighted by Crippen LogP contribution is 2.04. The van der Waals surface area contributed by atoms with Gasteiger partial charge in [-0.15, -0.1) is 0 Å². The second kappa shape index (κ2) is 7.73. The number of carbonyl (C=O) groups excluding carboxylic acids is 2. The molecule has 0 saturated heterocycles. The molecule has 114 valence electrons. The van der Waals surface area contributed by atoms with Crippen LogP contribution in [0.3, 0.4) is 0 Å². The Balaban J connectivity index is 2.44. The van der Waals surface area contributed by atoms with Crippen LogP contribution in [-0.2, 0) is 0 Å². The molecule has 1 rings (SSSR count). The predicted octanol–water partition coefficient (Wildman–Crippen LogP) is -0.218. The van der Waals surface area contributed by atoms with Crippen molar-refractivity contribution in [3.63, 3.8) is 0 Å². The summed E-state index contributed by atoms with van der Waals surface area (Å²) >= 11 is 0. The number of carbonyl (C=O) groups is 2. The Morgan fingerprint density at radius 3 is 2.19 bits per heavy atom. The van der Waals surface area contributed by atoms with E-state index in [0.29, 0.717) is 24.2 Å². The maximum absolute atomic E-state index is 11.8. The van der Waals surface area contributed by atoms with Gasteiger partial charge >= 0.3 is 6.03 Å². The molecule has 0 fully saturated rings. The van der Waals surface area contributed by atoms with Crippen LogP contribution in [0.1, 0.15) is 15.9 Å². The topological polar surface area (TPSA) is 120 Å². The molecule has 0 aliphatic rings. The summed E-state index contributed by atoms with van der Waals surface area (Å²) in [6.07, 6.45) is 0. The van der Waals surface area contributed by atoms with Crippen molar-refractivity contribution >= 4 is 17.8 Å². The molecule has 1 aromatic carbocycles. The second-order valence-electron chi connectivity index (χ2n) is 4.44. The van der Waals surface area contributed by atoms with Crippen molar-refractivity contribution in [3.05, 3.63) is 35.4 Å². The molecule has 0 radical (unpaired) electrons. The first-order chi connectivity index (χ1) is 9.95. The highest BCUT2D eigenvalue weighted by atomic mass is 16.4. The Morgan fingerprint density at radius 1 is 1.14 bits per heavy atom. The monoisotopic (exact) mass is 293 g/mol. The van der Waals surface area contributed by atoms with Gasteiger partial charge in [-0.25, -0.2) is 4.79 Å². The van der Waals surface area contributed by atoms with Crippen molar-refractivity contribution in [3.8, 4) is 0 Å². The number of nitrogens with zero attached hydrogens (tertiary/aromatic N) is 2. The van der Waals surface area contributed by atoms with Crippen molar-refractivity contribution in [1.29, 1.82) is 0 Å². The van der Waals surface area contributed by atoms with Crippen LogP contribution in [0.25, 0.3) is 0 Å². The molecule has 0 spiro atoms. The first kappa shape index (κ1) is 16.3. The Hall–Kier alpha value is -2.77. The first-order valence-electron chi connectivity index (χ1n) is 6.27. The zero-order valence-electron chi connectivity index (χ0n) is 12.0. The maximum atomic E-state index is 11.8. The summed E-state index contributed by atoms with van der Waals surface area (Å²) in [5, 5.41) is 16.7. The minimum Gasteiger partial charge on any atom is -0.409 e. The number of rotatable bonds is 5. The molecule has 0 aromatic heterocycles. The first-order valence-corrected chi connectivity index (χ1v) is 6.27. The van der Waals surface area contributed by atoms with E-state index in [1.807, 2.05) is 0 Å². The molecule has 1 aromatic rings. The van der Waals surface area contributed by atoms with E-state index in [9.17, 15) is 9.59 Å². The van der Waals surface area contributed by atoms with Gasteiger partial charge in [-0.3, -0.25) is 4.79 Å². The molecule has 0 aliphatic carbocycles. The molecule has 0 saturated carbocycles. The van der Waals surface area contributed by atoms with Crippen molar-refractivity contribution in [2.45, 2.75) is 0 Å². The number of hydrogen-bond acceptors (Lipinski definition) is 4. The molecule has 0 unspecified atom stereocenters. The molecule has 0 heterocycles. The Bertz CT molecular complexity index is 525. The minimum absolute atomic E-state index is 0.0200. The number of amidine groups is 1. The van der Waals surface area contributed by atoms with Gasteiger partial charge in [-0.1, -0.05) is 17.3 Å². The lowest BCUT2D eigenvalue weighted by atomic mass is 10.1. The van der Waals surface area contributed by atoms with E-state index in [0.717, 1.165) is 0 Å². The third kappa shape index (κ3) is 5.01. The zero-order chi connectivity index (χ0) is 15.8. The lowest BCUT2D eigenvalue weighted by Gasteiger charge is -2.12. The summed E-state index contributed by atoms with van der Waals surface area (Å²) in [5.41, 5.74) is 6.39. The Labute approximate surface area is 122 Å². The molecule has 8 heteroatoms. The summed E-state index contributed by atoms with van der Waals surface area (Å²) in [6, 6.07) is 6.09. The number of hydrogen-bond donors (Lipinski definition) is 4. The van der Waals surface area contributed by atoms with Crippen LogP contribution < -0.4 is 16.4 Å². The highest BCUT2D eigenvalue weighted by molar-refractivity contribution is 5.99. The summed E-state index contributed by atoms with van der Waals surface area (Å²) in [5.74, 6) is -0.284. The summed E-state index contributed by atoms with van der Waals surface area (Å²) in [6.45, 7) is 0.658. The van der Waals surface area contributed by atoms with E-state index >= 15 is 0 Å². The summed E-state index contributed by atoms with van der Waals surface area (Å²) in [4.78, 5) is 24.5. The van der Waals surface area contributed by atoms with Gasteiger partial charge in [0.25, 0.3) is 5.91 Å². The highest BCUT2D eigenvalue weighted by Gasteiger charge is 2.07. The molecule has 0 bridgehead atoms. The quantitative estimate of drug-likeness (QED) is 0.197. The summed E-state index contributed by atoms with van der Waals surface area (Å²) < 4.78 is 0. The van der Waals surface area contributed by atoms with Crippen LogP contribution in [0.4, 0.5) is 4.79 Å². The number of nitrogens with two attached hydrogens (primary N) is 1. The lowest BCUT2D eigenvalue weighted by Crippen LogP contribution is -2.39. The van der Waals surface area contributed by atoms with E-state index in [1.54, 1.807) is 38.4 Å². The predicted molar refractivity (Wildman–Crippen MR) is 78.4 cm³/mol. The Kier molecular flexibility index (Phi) is 5.99. The van der Waals surface area contributed by atoms with Crippen LogP contribution in [0.2, 0.25) is 0 Å². The van der Waals surface area contributed by atoms with E-state index in [-0.39, 0.29) is 17.8 Å². The van der Waals surface area contributed by atoms with Crippen LogP contribution >= 0.6 is 0 Å². The zero-order valence-corrected chi connectivity index (χ0v) is 12.0. The van der Waals surface area contributed by atoms with Crippen LogP contribution in [0.5, 0.6) is 0 Å². The third-order valence-corrected chi connectivity index (χ3v) is 2.64. The SMILES string of the molecule is CN(C)C(=O)NCCNC(=O)c1ccc(/C(N)=N/O)cc1. The van der Waals surface area contributed by atoms with Gasteiger partial charge in [0.2, 0.25) is 0 Å². The number of urea groups is 1. The molecule has 3 amide bonds. The van der Waals surface area contributed by atoms with Gasteiger partial charge in [-0.2, -0.15) is 0 Å². The van der Waals surface area contributed by atoms with E-state index < -0.39 is 0 Å². The smallest absolute Gasteiger partial charge is 0.316 e. The fourth-order valence-electron chi connectivity index (χ4n) is 1.46. The normalized spacial score (nSPS) is 10.9. The third-order valence-electron chi connectivity index (χ3n) is 2.64. The molecular weight excluding hydrogens is 274 g/mol. The molecular formula is C13H19N5O3. The average Bonchev–Trinajstić information content (AvgIpc) is 2.50. The number of nitrogens with one attached hydrogen (secondary N) is 2. The van der Waals surface area contributed by atoms with Crippen LogP contribution in [-0.4, -0.2) is 55.1 Å². The van der Waals surface area contributed by atoms with Gasteiger partial charge in [0.15, 0.2) is 5.84 Å². The van der Waals surface area contributed by atoms with Crippen molar-refractivity contribution in [1.82, 2.24) is 15.5 Å². The van der Waals surface area contributed by atoms with E-state index in [1.165, 1.54) is 4.90 Å². The molecule has 8 nitrogen and oxygen atoms in total. The van der Waals surface area contributed by atoms with Gasteiger partial charge in [0.1, 0.15) is 0 Å². The van der Waals surface area contributed by atoms with Crippen molar-refractivity contribution in [2.24, 2.45) is 10.9 Å². The lowest BCUT2D eigenvalue weighted by molar-refractivity contribution is 0.0953. The second-order valence-corrected chi connectivity index (χ2v) is 4.44. The van der Waals surface area contributed by atoms with E-state index in [4.69, 9.17) is 10.9 Å². The average molecular weight is 293 g/mol. The molecule has 0 atom stereocenters. The molecule has 5 N–H and O–H groups in total. The van der Waals surface area contributed by atoms with E-state index in [2.05, 4.69) is 15.8 Å². The fraction of sp³-hybridized carbons (Fsp3) is 0.308. The largest absolute Gasteiger partial charge is 0.409 e. The molecule has 0 aliphatic heterocycles. The number of amides is 3. The Morgan fingerprint density at radius 2 is 1.67 bits per heavy atom. The standard InChI is InChI=1S/C13H19N5O3/c1-18(2)13(20)16-8-7-15-12(19)10-5-3-9(4-6-10)11(14)17-21/h3-6,21H,7-8H2,1-2H3,(H2,14,17)(H,15,19)(H,16,20). The fourth-order valence-corrected chi connectivity index (χ4v) is 1.46. The number of benzene rings is 1.